The maximum absolute atomic E-state index is 5.72. The fourth-order valence-electron chi connectivity index (χ4n) is 2.52. The minimum atomic E-state index is 0.477. The van der Waals surface area contributed by atoms with Gasteiger partial charge in [-0.05, 0) is 39.3 Å². The zero-order chi connectivity index (χ0) is 12.5. The predicted molar refractivity (Wildman–Crippen MR) is 73.5 cm³/mol. The Balaban J connectivity index is 2.27. The van der Waals surface area contributed by atoms with Crippen molar-refractivity contribution in [2.45, 2.75) is 58.1 Å². The molecule has 0 bridgehead atoms. The lowest BCUT2D eigenvalue weighted by Gasteiger charge is -2.30. The highest BCUT2D eigenvalue weighted by molar-refractivity contribution is 4.76. The van der Waals surface area contributed by atoms with Crippen molar-refractivity contribution in [3.05, 3.63) is 0 Å². The van der Waals surface area contributed by atoms with Crippen molar-refractivity contribution >= 4 is 0 Å². The van der Waals surface area contributed by atoms with Crippen LogP contribution in [-0.4, -0.2) is 50.3 Å². The first-order chi connectivity index (χ1) is 8.27. The number of likely N-dealkylation sites (N-methyl/N-ethyl adjacent to an activating group) is 1. The summed E-state index contributed by atoms with van der Waals surface area (Å²) in [5.74, 6) is 0. The van der Waals surface area contributed by atoms with Crippen molar-refractivity contribution in [2.24, 2.45) is 0 Å². The summed E-state index contributed by atoms with van der Waals surface area (Å²) in [7, 11) is 2.25. The van der Waals surface area contributed by atoms with Crippen molar-refractivity contribution in [2.75, 3.05) is 33.3 Å². The van der Waals surface area contributed by atoms with E-state index in [1.165, 1.54) is 32.1 Å². The van der Waals surface area contributed by atoms with Crippen molar-refractivity contribution in [3.63, 3.8) is 0 Å². The van der Waals surface area contributed by atoms with Crippen LogP contribution in [0.3, 0.4) is 0 Å². The number of hydrogen-bond donors (Lipinski definition) is 1. The normalized spacial score (nSPS) is 22.2. The predicted octanol–water partition coefficient (Wildman–Crippen LogP) is 2.27. The summed E-state index contributed by atoms with van der Waals surface area (Å²) in [6.07, 6.45) is 6.71. The molecule has 0 aromatic carbocycles. The molecule has 0 radical (unpaired) electrons. The molecule has 1 fully saturated rings. The third-order valence-corrected chi connectivity index (χ3v) is 3.57. The summed E-state index contributed by atoms with van der Waals surface area (Å²) in [6.45, 7) is 8.80. The molecule has 17 heavy (non-hydrogen) atoms. The van der Waals surface area contributed by atoms with E-state index in [1.807, 2.05) is 0 Å². The summed E-state index contributed by atoms with van der Waals surface area (Å²) < 4.78 is 5.72. The Labute approximate surface area is 107 Å². The standard InChI is InChI=1S/C14H30N2O/c1-4-7-13(11-15-9-5-2)16(3)12-14-8-6-10-17-14/h13-15H,4-12H2,1-3H3. The molecule has 1 aliphatic rings. The van der Waals surface area contributed by atoms with Crippen LogP contribution in [0.15, 0.2) is 0 Å². The van der Waals surface area contributed by atoms with Gasteiger partial charge < -0.3 is 10.1 Å². The minimum absolute atomic E-state index is 0.477. The van der Waals surface area contributed by atoms with Gasteiger partial charge in [0, 0.05) is 25.7 Å². The van der Waals surface area contributed by atoms with Gasteiger partial charge in [0.25, 0.3) is 0 Å². The van der Waals surface area contributed by atoms with Gasteiger partial charge in [0.1, 0.15) is 0 Å². The average Bonchev–Trinajstić information content (AvgIpc) is 2.81. The fourth-order valence-corrected chi connectivity index (χ4v) is 2.52. The zero-order valence-electron chi connectivity index (χ0n) is 11.9. The first kappa shape index (κ1) is 14.9. The number of rotatable bonds is 9. The molecule has 0 spiro atoms. The van der Waals surface area contributed by atoms with E-state index in [0.717, 1.165) is 26.2 Å². The maximum atomic E-state index is 5.72. The lowest BCUT2D eigenvalue weighted by atomic mass is 10.1. The van der Waals surface area contributed by atoms with Gasteiger partial charge in [-0.2, -0.15) is 0 Å². The van der Waals surface area contributed by atoms with Gasteiger partial charge >= 0.3 is 0 Å². The Hall–Kier alpha value is -0.120. The van der Waals surface area contributed by atoms with Gasteiger partial charge in [0.05, 0.1) is 6.10 Å². The molecule has 0 amide bonds. The smallest absolute Gasteiger partial charge is 0.0702 e. The van der Waals surface area contributed by atoms with E-state index in [2.05, 4.69) is 31.1 Å². The van der Waals surface area contributed by atoms with E-state index in [9.17, 15) is 0 Å². The van der Waals surface area contributed by atoms with E-state index in [4.69, 9.17) is 4.74 Å². The van der Waals surface area contributed by atoms with E-state index in [0.29, 0.717) is 12.1 Å². The van der Waals surface area contributed by atoms with Gasteiger partial charge in [0.15, 0.2) is 0 Å². The molecule has 0 saturated carbocycles. The van der Waals surface area contributed by atoms with Crippen molar-refractivity contribution in [3.8, 4) is 0 Å². The Bertz CT molecular complexity index is 181. The Morgan fingerprint density at radius 3 is 2.76 bits per heavy atom. The SMILES string of the molecule is CCCNCC(CCC)N(C)CC1CCCO1. The van der Waals surface area contributed by atoms with Crippen LogP contribution in [0, 0.1) is 0 Å². The van der Waals surface area contributed by atoms with Crippen molar-refractivity contribution in [1.82, 2.24) is 10.2 Å². The van der Waals surface area contributed by atoms with E-state index < -0.39 is 0 Å². The first-order valence-corrected chi connectivity index (χ1v) is 7.30. The molecule has 1 N–H and O–H groups in total. The molecule has 0 aromatic rings. The summed E-state index contributed by atoms with van der Waals surface area (Å²) in [6, 6.07) is 0.663. The highest BCUT2D eigenvalue weighted by Crippen LogP contribution is 2.15. The quantitative estimate of drug-likeness (QED) is 0.628. The van der Waals surface area contributed by atoms with E-state index in [-0.39, 0.29) is 0 Å². The molecule has 1 rings (SSSR count). The van der Waals surface area contributed by atoms with E-state index >= 15 is 0 Å². The third-order valence-electron chi connectivity index (χ3n) is 3.57. The average molecular weight is 242 g/mol. The Morgan fingerprint density at radius 2 is 2.18 bits per heavy atom. The number of ether oxygens (including phenoxy) is 1. The zero-order valence-corrected chi connectivity index (χ0v) is 11.9. The fraction of sp³-hybridized carbons (Fsp3) is 1.00. The lowest BCUT2D eigenvalue weighted by Crippen LogP contribution is -2.43. The van der Waals surface area contributed by atoms with Crippen LogP contribution in [0.1, 0.15) is 46.0 Å². The second-order valence-corrected chi connectivity index (χ2v) is 5.22. The van der Waals surface area contributed by atoms with Crippen LogP contribution in [-0.2, 0) is 4.74 Å². The molecule has 2 atom stereocenters. The molecule has 2 unspecified atom stereocenters. The molecule has 3 heteroatoms. The highest BCUT2D eigenvalue weighted by atomic mass is 16.5. The lowest BCUT2D eigenvalue weighted by molar-refractivity contribution is 0.0662. The molecule has 0 aromatic heterocycles. The monoisotopic (exact) mass is 242 g/mol. The van der Waals surface area contributed by atoms with E-state index in [1.54, 1.807) is 0 Å². The molecular weight excluding hydrogens is 212 g/mol. The summed E-state index contributed by atoms with van der Waals surface area (Å²) in [5, 5.41) is 3.54. The van der Waals surface area contributed by atoms with Crippen LogP contribution in [0.2, 0.25) is 0 Å². The highest BCUT2D eigenvalue weighted by Gasteiger charge is 2.21. The van der Waals surface area contributed by atoms with Gasteiger partial charge in [-0.25, -0.2) is 0 Å². The number of hydrogen-bond acceptors (Lipinski definition) is 3. The molecular formula is C14H30N2O. The maximum Gasteiger partial charge on any atom is 0.0702 e. The minimum Gasteiger partial charge on any atom is -0.377 e. The number of nitrogens with one attached hydrogen (secondary N) is 1. The molecule has 3 nitrogen and oxygen atoms in total. The van der Waals surface area contributed by atoms with Crippen LogP contribution in [0.4, 0.5) is 0 Å². The molecule has 102 valence electrons. The van der Waals surface area contributed by atoms with Gasteiger partial charge in [-0.15, -0.1) is 0 Å². The second-order valence-electron chi connectivity index (χ2n) is 5.22. The van der Waals surface area contributed by atoms with Gasteiger partial charge in [0.2, 0.25) is 0 Å². The largest absolute Gasteiger partial charge is 0.377 e. The van der Waals surface area contributed by atoms with Crippen molar-refractivity contribution < 1.29 is 4.74 Å². The Kier molecular flexibility index (Phi) is 7.82. The summed E-state index contributed by atoms with van der Waals surface area (Å²) >= 11 is 0. The van der Waals surface area contributed by atoms with Gasteiger partial charge in [-0.3, -0.25) is 4.90 Å². The molecule has 0 aliphatic carbocycles. The molecule has 1 heterocycles. The van der Waals surface area contributed by atoms with Crippen LogP contribution >= 0.6 is 0 Å². The Morgan fingerprint density at radius 1 is 1.35 bits per heavy atom. The summed E-state index contributed by atoms with van der Waals surface area (Å²) in [4.78, 5) is 2.49. The molecule has 1 saturated heterocycles. The topological polar surface area (TPSA) is 24.5 Å². The van der Waals surface area contributed by atoms with Gasteiger partial charge in [-0.1, -0.05) is 20.3 Å². The van der Waals surface area contributed by atoms with Crippen LogP contribution in [0.5, 0.6) is 0 Å². The second kappa shape index (κ2) is 8.90. The molecule has 1 aliphatic heterocycles. The third kappa shape index (κ3) is 5.84. The van der Waals surface area contributed by atoms with Crippen LogP contribution in [0.25, 0.3) is 0 Å². The van der Waals surface area contributed by atoms with Crippen molar-refractivity contribution in [1.29, 1.82) is 0 Å². The first-order valence-electron chi connectivity index (χ1n) is 7.30. The number of nitrogens with zero attached hydrogens (tertiary/aromatic N) is 1. The van der Waals surface area contributed by atoms with Crippen LogP contribution < -0.4 is 5.32 Å². The summed E-state index contributed by atoms with van der Waals surface area (Å²) in [5.41, 5.74) is 0.